The molecule has 0 bridgehead atoms. The second kappa shape index (κ2) is 4.52. The molecule has 2 unspecified atom stereocenters. The molecule has 0 amide bonds. The van der Waals surface area contributed by atoms with E-state index in [0.29, 0.717) is 5.75 Å². The highest BCUT2D eigenvalue weighted by Crippen LogP contribution is 2.46. The number of hydrogen-bond donors (Lipinski definition) is 0. The number of para-hydroxylation sites is 1. The third kappa shape index (κ3) is 2.25. The van der Waals surface area contributed by atoms with E-state index in [4.69, 9.17) is 9.47 Å². The van der Waals surface area contributed by atoms with Crippen molar-refractivity contribution >= 4 is 5.97 Å². The molecule has 1 aliphatic heterocycles. The number of rotatable bonds is 3. The molecule has 0 N–H and O–H groups in total. The van der Waals surface area contributed by atoms with Gasteiger partial charge in [-0.1, -0.05) is 48.5 Å². The molecule has 0 saturated carbocycles. The van der Waals surface area contributed by atoms with Crippen LogP contribution in [0.1, 0.15) is 12.5 Å². The van der Waals surface area contributed by atoms with E-state index in [-0.39, 0.29) is 5.97 Å². The lowest BCUT2D eigenvalue weighted by molar-refractivity contribution is -0.135. The minimum atomic E-state index is -0.562. The van der Waals surface area contributed by atoms with Crippen molar-refractivity contribution in [3.05, 3.63) is 66.2 Å². The maximum atomic E-state index is 12.0. The number of hydrogen-bond acceptors (Lipinski definition) is 3. The number of epoxide rings is 1. The minimum absolute atomic E-state index is 0.349. The van der Waals surface area contributed by atoms with Crippen molar-refractivity contribution in [1.29, 1.82) is 0 Å². The molecule has 3 heteroatoms. The molecule has 3 nitrogen and oxygen atoms in total. The molecule has 1 fully saturated rings. The first kappa shape index (κ1) is 11.9. The Kier molecular flexibility index (Phi) is 2.84. The Morgan fingerprint density at radius 2 is 1.63 bits per heavy atom. The zero-order valence-corrected chi connectivity index (χ0v) is 10.6. The average Bonchev–Trinajstić information content (AvgIpc) is 3.15. The third-order valence-corrected chi connectivity index (χ3v) is 3.33. The van der Waals surface area contributed by atoms with E-state index in [1.807, 2.05) is 55.5 Å². The van der Waals surface area contributed by atoms with Crippen LogP contribution in [0.15, 0.2) is 60.7 Å². The average molecular weight is 254 g/mol. The topological polar surface area (TPSA) is 38.8 Å². The van der Waals surface area contributed by atoms with Gasteiger partial charge < -0.3 is 9.47 Å². The predicted molar refractivity (Wildman–Crippen MR) is 70.7 cm³/mol. The maximum absolute atomic E-state index is 12.0. The first-order valence-electron chi connectivity index (χ1n) is 6.20. The summed E-state index contributed by atoms with van der Waals surface area (Å²) in [6.07, 6.45) is -0.532. The normalized spacial score (nSPS) is 24.8. The minimum Gasteiger partial charge on any atom is -0.425 e. The van der Waals surface area contributed by atoms with E-state index < -0.39 is 11.7 Å². The Bertz CT molecular complexity index is 579. The van der Waals surface area contributed by atoms with Crippen molar-refractivity contribution in [2.24, 2.45) is 0 Å². The lowest BCUT2D eigenvalue weighted by atomic mass is 9.97. The summed E-state index contributed by atoms with van der Waals surface area (Å²) in [6.45, 7) is 1.90. The molecule has 3 rings (SSSR count). The van der Waals surface area contributed by atoms with Crippen LogP contribution < -0.4 is 4.74 Å². The van der Waals surface area contributed by atoms with Crippen LogP contribution in [0, 0.1) is 0 Å². The van der Waals surface area contributed by atoms with Gasteiger partial charge in [0.1, 0.15) is 11.4 Å². The van der Waals surface area contributed by atoms with Gasteiger partial charge in [0.15, 0.2) is 6.10 Å². The van der Waals surface area contributed by atoms with Crippen LogP contribution >= 0.6 is 0 Å². The number of benzene rings is 2. The van der Waals surface area contributed by atoms with Crippen LogP contribution in [-0.4, -0.2) is 12.1 Å². The van der Waals surface area contributed by atoms with E-state index in [1.165, 1.54) is 0 Å². The highest BCUT2D eigenvalue weighted by atomic mass is 16.7. The fraction of sp³-hybridized carbons (Fsp3) is 0.188. The van der Waals surface area contributed by atoms with Gasteiger partial charge in [-0.05, 0) is 24.6 Å². The lowest BCUT2D eigenvalue weighted by Gasteiger charge is -2.06. The number of ether oxygens (including phenoxy) is 2. The van der Waals surface area contributed by atoms with Gasteiger partial charge in [0.2, 0.25) is 0 Å². The smallest absolute Gasteiger partial charge is 0.344 e. The van der Waals surface area contributed by atoms with Crippen LogP contribution in [0.5, 0.6) is 5.75 Å². The molecule has 0 radical (unpaired) electrons. The Labute approximate surface area is 111 Å². The molecule has 19 heavy (non-hydrogen) atoms. The molecule has 0 aromatic heterocycles. The van der Waals surface area contributed by atoms with Gasteiger partial charge in [-0.15, -0.1) is 0 Å². The molecule has 2 aromatic carbocycles. The van der Waals surface area contributed by atoms with Gasteiger partial charge in [0.05, 0.1) is 0 Å². The van der Waals surface area contributed by atoms with E-state index >= 15 is 0 Å². The lowest BCUT2D eigenvalue weighted by Crippen LogP contribution is -2.21. The van der Waals surface area contributed by atoms with Gasteiger partial charge in [-0.2, -0.15) is 0 Å². The van der Waals surface area contributed by atoms with Crippen LogP contribution in [0.25, 0.3) is 0 Å². The summed E-state index contributed by atoms with van der Waals surface area (Å²) < 4.78 is 10.8. The summed E-state index contributed by atoms with van der Waals surface area (Å²) in [5.41, 5.74) is 0.428. The molecule has 1 heterocycles. The van der Waals surface area contributed by atoms with Gasteiger partial charge in [0.25, 0.3) is 0 Å². The second-order valence-electron chi connectivity index (χ2n) is 4.71. The number of carbonyl (C=O) groups excluding carboxylic acids is 1. The van der Waals surface area contributed by atoms with Crippen LogP contribution in [0.4, 0.5) is 0 Å². The largest absolute Gasteiger partial charge is 0.425 e. The molecule has 2 aromatic rings. The zero-order chi connectivity index (χ0) is 13.3. The van der Waals surface area contributed by atoms with Gasteiger partial charge in [-0.3, -0.25) is 0 Å². The van der Waals surface area contributed by atoms with Crippen LogP contribution in [-0.2, 0) is 15.1 Å². The molecule has 0 spiro atoms. The molecular formula is C16H14O3. The molecule has 1 saturated heterocycles. The Hall–Kier alpha value is -2.13. The Morgan fingerprint density at radius 3 is 2.26 bits per heavy atom. The van der Waals surface area contributed by atoms with Crippen molar-refractivity contribution in [3.63, 3.8) is 0 Å². The summed E-state index contributed by atoms with van der Waals surface area (Å²) in [5.74, 6) is 0.191. The van der Waals surface area contributed by atoms with Gasteiger partial charge in [-0.25, -0.2) is 4.79 Å². The SMILES string of the molecule is CC1(c2ccccc2)OC1C(=O)Oc1ccccc1. The summed E-state index contributed by atoms with van der Waals surface area (Å²) >= 11 is 0. The third-order valence-electron chi connectivity index (χ3n) is 3.33. The van der Waals surface area contributed by atoms with Crippen molar-refractivity contribution in [2.75, 3.05) is 0 Å². The Balaban J connectivity index is 1.71. The first-order valence-corrected chi connectivity index (χ1v) is 6.20. The maximum Gasteiger partial charge on any atom is 0.344 e. The zero-order valence-electron chi connectivity index (χ0n) is 10.6. The van der Waals surface area contributed by atoms with Crippen molar-refractivity contribution in [2.45, 2.75) is 18.6 Å². The van der Waals surface area contributed by atoms with E-state index in [0.717, 1.165) is 5.56 Å². The van der Waals surface area contributed by atoms with Gasteiger partial charge >= 0.3 is 5.97 Å². The van der Waals surface area contributed by atoms with E-state index in [1.54, 1.807) is 12.1 Å². The fourth-order valence-corrected chi connectivity index (χ4v) is 2.13. The summed E-state index contributed by atoms with van der Waals surface area (Å²) in [5, 5.41) is 0. The van der Waals surface area contributed by atoms with Crippen molar-refractivity contribution in [3.8, 4) is 5.75 Å². The highest BCUT2D eigenvalue weighted by Gasteiger charge is 2.59. The van der Waals surface area contributed by atoms with Crippen molar-refractivity contribution < 1.29 is 14.3 Å². The monoisotopic (exact) mass is 254 g/mol. The number of carbonyl (C=O) groups is 1. The fourth-order valence-electron chi connectivity index (χ4n) is 2.13. The summed E-state index contributed by atoms with van der Waals surface area (Å²) in [4.78, 5) is 12.0. The van der Waals surface area contributed by atoms with Crippen LogP contribution in [0.3, 0.4) is 0 Å². The van der Waals surface area contributed by atoms with E-state index in [2.05, 4.69) is 0 Å². The number of esters is 1. The van der Waals surface area contributed by atoms with Gasteiger partial charge in [0, 0.05) is 0 Å². The molecular weight excluding hydrogens is 240 g/mol. The highest BCUT2D eigenvalue weighted by molar-refractivity contribution is 5.81. The standard InChI is InChI=1S/C16H14O3/c1-16(12-8-4-2-5-9-12)14(19-16)15(17)18-13-10-6-3-7-11-13/h2-11,14H,1H3. The first-order chi connectivity index (χ1) is 9.20. The predicted octanol–water partition coefficient (Wildman–Crippen LogP) is 2.91. The van der Waals surface area contributed by atoms with Crippen molar-refractivity contribution in [1.82, 2.24) is 0 Å². The molecule has 1 aliphatic rings. The summed E-state index contributed by atoms with van der Waals surface area (Å²) in [6, 6.07) is 18.7. The molecule has 96 valence electrons. The summed E-state index contributed by atoms with van der Waals surface area (Å²) in [7, 11) is 0. The quantitative estimate of drug-likeness (QED) is 0.480. The Morgan fingerprint density at radius 1 is 1.05 bits per heavy atom. The van der Waals surface area contributed by atoms with Crippen LogP contribution in [0.2, 0.25) is 0 Å². The molecule has 2 atom stereocenters. The molecule has 0 aliphatic carbocycles. The van der Waals surface area contributed by atoms with E-state index in [9.17, 15) is 4.79 Å². The second-order valence-corrected chi connectivity index (χ2v) is 4.71.